The second kappa shape index (κ2) is 10.3. The summed E-state index contributed by atoms with van der Waals surface area (Å²) in [5.41, 5.74) is 10.0. The molecule has 0 saturated carbocycles. The van der Waals surface area contributed by atoms with Crippen LogP contribution < -0.4 is 5.43 Å². The number of nitrogens with zero attached hydrogens (tertiary/aromatic N) is 3. The van der Waals surface area contributed by atoms with Gasteiger partial charge in [-0.3, -0.25) is 4.98 Å². The van der Waals surface area contributed by atoms with Crippen LogP contribution in [0.3, 0.4) is 0 Å². The summed E-state index contributed by atoms with van der Waals surface area (Å²) in [5, 5.41) is 1.99. The van der Waals surface area contributed by atoms with Gasteiger partial charge in [0.1, 0.15) is 17.5 Å². The molecular formula is C31H24F2N4O2S. The lowest BCUT2D eigenvalue weighted by Gasteiger charge is -2.18. The minimum atomic E-state index is -3.29. The van der Waals surface area contributed by atoms with Crippen molar-refractivity contribution in [2.24, 2.45) is 0 Å². The molecule has 0 aliphatic carbocycles. The Morgan fingerprint density at radius 2 is 1.35 bits per heavy atom. The first-order valence-electron chi connectivity index (χ1n) is 12.6. The van der Waals surface area contributed by atoms with Crippen LogP contribution in [-0.4, -0.2) is 29.7 Å². The molecule has 200 valence electrons. The summed E-state index contributed by atoms with van der Waals surface area (Å²) in [6.07, 6.45) is 4.59. The van der Waals surface area contributed by atoms with Gasteiger partial charge in [0.05, 0.1) is 10.6 Å². The zero-order chi connectivity index (χ0) is 27.9. The predicted molar refractivity (Wildman–Crippen MR) is 151 cm³/mol. The lowest BCUT2D eigenvalue weighted by atomic mass is 9.88. The predicted octanol–water partition coefficient (Wildman–Crippen LogP) is 6.50. The summed E-state index contributed by atoms with van der Waals surface area (Å²) >= 11 is 0. The van der Waals surface area contributed by atoms with Crippen LogP contribution in [0.15, 0.2) is 102 Å². The molecule has 0 spiro atoms. The Hall–Kier alpha value is -4.47. The van der Waals surface area contributed by atoms with E-state index in [4.69, 9.17) is 4.98 Å². The lowest BCUT2D eigenvalue weighted by molar-refractivity contribution is 0.335. The largest absolute Gasteiger partial charge is 0.302 e. The van der Waals surface area contributed by atoms with Crippen LogP contribution in [-0.2, 0) is 22.9 Å². The highest BCUT2D eigenvalue weighted by atomic mass is 32.2. The fraction of sp³-hybridized carbons (Fsp3) is 0.0968. The molecule has 6 nitrogen and oxygen atoms in total. The van der Waals surface area contributed by atoms with Gasteiger partial charge in [0, 0.05) is 48.4 Å². The van der Waals surface area contributed by atoms with E-state index in [1.165, 1.54) is 30.5 Å². The number of hydrazine groups is 1. The Morgan fingerprint density at radius 3 is 1.95 bits per heavy atom. The fourth-order valence-electron chi connectivity index (χ4n) is 4.96. The number of sulfone groups is 1. The molecule has 0 fully saturated rings. The van der Waals surface area contributed by atoms with E-state index in [0.717, 1.165) is 38.9 Å². The number of anilines is 1. The number of halogens is 2. The van der Waals surface area contributed by atoms with Crippen molar-refractivity contribution in [2.45, 2.75) is 18.0 Å². The summed E-state index contributed by atoms with van der Waals surface area (Å²) in [4.78, 5) is 9.46. The minimum Gasteiger partial charge on any atom is -0.302 e. The van der Waals surface area contributed by atoms with E-state index in [-0.39, 0.29) is 16.5 Å². The second-order valence-electron chi connectivity index (χ2n) is 9.67. The van der Waals surface area contributed by atoms with Crippen molar-refractivity contribution < 1.29 is 17.2 Å². The fourth-order valence-corrected chi connectivity index (χ4v) is 5.59. The molecule has 1 aliphatic rings. The Morgan fingerprint density at radius 1 is 0.775 bits per heavy atom. The van der Waals surface area contributed by atoms with Gasteiger partial charge >= 0.3 is 0 Å². The third-order valence-corrected chi connectivity index (χ3v) is 7.98. The van der Waals surface area contributed by atoms with Gasteiger partial charge < -0.3 is 5.43 Å². The molecule has 0 bridgehead atoms. The van der Waals surface area contributed by atoms with Crippen molar-refractivity contribution in [1.82, 2.24) is 15.0 Å². The number of nitrogens with one attached hydrogen (secondary N) is 1. The van der Waals surface area contributed by atoms with Crippen LogP contribution in [0.2, 0.25) is 0 Å². The van der Waals surface area contributed by atoms with Gasteiger partial charge in [-0.15, -0.1) is 0 Å². The third kappa shape index (κ3) is 5.09. The minimum absolute atomic E-state index is 0.264. The summed E-state index contributed by atoms with van der Waals surface area (Å²) in [6.45, 7) is 0.977. The molecule has 3 heterocycles. The average molecular weight is 555 g/mol. The van der Waals surface area contributed by atoms with Gasteiger partial charge in [0.15, 0.2) is 9.84 Å². The number of hydrogen-bond acceptors (Lipinski definition) is 6. The summed E-state index contributed by atoms with van der Waals surface area (Å²) in [5.74, 6) is -0.0412. The first kappa shape index (κ1) is 25.8. The Labute approximate surface area is 230 Å². The van der Waals surface area contributed by atoms with Crippen LogP contribution in [0.1, 0.15) is 11.1 Å². The van der Waals surface area contributed by atoms with Gasteiger partial charge in [0.25, 0.3) is 0 Å². The molecule has 1 aliphatic heterocycles. The molecule has 2 aromatic heterocycles. The first-order valence-corrected chi connectivity index (χ1v) is 14.4. The van der Waals surface area contributed by atoms with Crippen molar-refractivity contribution in [3.05, 3.63) is 120 Å². The molecule has 40 heavy (non-hydrogen) atoms. The van der Waals surface area contributed by atoms with E-state index in [1.54, 1.807) is 60.9 Å². The maximum absolute atomic E-state index is 14.0. The molecule has 0 radical (unpaired) electrons. The molecular weight excluding hydrogens is 530 g/mol. The summed E-state index contributed by atoms with van der Waals surface area (Å²) in [7, 11) is -3.29. The van der Waals surface area contributed by atoms with Gasteiger partial charge in [-0.1, -0.05) is 24.3 Å². The molecule has 0 amide bonds. The monoisotopic (exact) mass is 554 g/mol. The number of rotatable bonds is 6. The smallest absolute Gasteiger partial charge is 0.175 e. The van der Waals surface area contributed by atoms with Crippen LogP contribution in [0.25, 0.3) is 33.5 Å². The maximum atomic E-state index is 14.0. The Bertz CT molecular complexity index is 1790. The van der Waals surface area contributed by atoms with Crippen LogP contribution >= 0.6 is 0 Å². The van der Waals surface area contributed by atoms with E-state index in [1.807, 2.05) is 17.1 Å². The molecule has 3 aromatic carbocycles. The zero-order valence-corrected chi connectivity index (χ0v) is 22.3. The molecule has 5 aromatic rings. The number of pyridine rings is 2. The van der Waals surface area contributed by atoms with E-state index in [9.17, 15) is 17.2 Å². The third-order valence-electron chi connectivity index (χ3n) is 6.86. The number of fused-ring (bicyclic) bond motifs is 1. The quantitative estimate of drug-likeness (QED) is 0.258. The topological polar surface area (TPSA) is 75.2 Å². The van der Waals surface area contributed by atoms with Crippen LogP contribution in [0.5, 0.6) is 0 Å². The van der Waals surface area contributed by atoms with Gasteiger partial charge in [0.2, 0.25) is 0 Å². The van der Waals surface area contributed by atoms with Crippen molar-refractivity contribution in [3.8, 4) is 33.5 Å². The standard InChI is InChI=1S/C31H24F2N4O2S/c1-40(38,39)26-12-2-20(3-13-26)18-37-19-27-28(21-4-8-24(32)9-5-21)29(22-14-16-34-17-15-22)30(35-31(27)36-37)23-6-10-25(33)11-7-23/h2-17H,18-19H2,1H3,(H,35,36). The second-order valence-corrected chi connectivity index (χ2v) is 11.7. The molecule has 0 unspecified atom stereocenters. The Balaban J connectivity index is 1.50. The molecule has 1 N–H and O–H groups in total. The van der Waals surface area contributed by atoms with Crippen molar-refractivity contribution in [2.75, 3.05) is 11.7 Å². The number of aromatic nitrogens is 2. The zero-order valence-electron chi connectivity index (χ0n) is 21.5. The summed E-state index contributed by atoms with van der Waals surface area (Å²) in [6, 6.07) is 23.1. The van der Waals surface area contributed by atoms with E-state index in [2.05, 4.69) is 10.4 Å². The highest BCUT2D eigenvalue weighted by Gasteiger charge is 2.29. The SMILES string of the molecule is CS(=O)(=O)c1ccc(CN2Cc3c(nc(-c4ccc(F)cc4)c(-c4ccncc4)c3-c3ccc(F)cc3)N2)cc1. The van der Waals surface area contributed by atoms with Gasteiger partial charge in [-0.2, -0.15) is 0 Å². The summed E-state index contributed by atoms with van der Waals surface area (Å²) < 4.78 is 51.6. The van der Waals surface area contributed by atoms with Gasteiger partial charge in [-0.25, -0.2) is 27.2 Å². The Kier molecular flexibility index (Phi) is 6.61. The van der Waals surface area contributed by atoms with Crippen molar-refractivity contribution >= 4 is 15.7 Å². The highest BCUT2D eigenvalue weighted by Crippen LogP contribution is 2.45. The molecule has 0 atom stereocenters. The van der Waals surface area contributed by atoms with Crippen molar-refractivity contribution in [3.63, 3.8) is 0 Å². The van der Waals surface area contributed by atoms with Crippen molar-refractivity contribution in [1.29, 1.82) is 0 Å². The lowest BCUT2D eigenvalue weighted by Crippen LogP contribution is -2.23. The maximum Gasteiger partial charge on any atom is 0.175 e. The van der Waals surface area contributed by atoms with E-state index in [0.29, 0.717) is 24.6 Å². The van der Waals surface area contributed by atoms with Crippen LogP contribution in [0, 0.1) is 11.6 Å². The highest BCUT2D eigenvalue weighted by molar-refractivity contribution is 7.90. The normalized spacial score (nSPS) is 13.2. The molecule has 6 rings (SSSR count). The number of hydrogen-bond donors (Lipinski definition) is 1. The van der Waals surface area contributed by atoms with Gasteiger partial charge in [-0.05, 0) is 82.9 Å². The molecule has 9 heteroatoms. The van der Waals surface area contributed by atoms with E-state index >= 15 is 0 Å². The average Bonchev–Trinajstić information content (AvgIpc) is 3.35. The van der Waals surface area contributed by atoms with Crippen LogP contribution in [0.4, 0.5) is 14.6 Å². The molecule has 0 saturated heterocycles. The number of benzene rings is 3. The first-order chi connectivity index (χ1) is 19.3. The van der Waals surface area contributed by atoms with E-state index < -0.39 is 9.84 Å².